The van der Waals surface area contributed by atoms with Crippen molar-refractivity contribution < 1.29 is 0 Å². The third-order valence-corrected chi connectivity index (χ3v) is 3.59. The first-order valence-corrected chi connectivity index (χ1v) is 7.19. The quantitative estimate of drug-likeness (QED) is 0.867. The van der Waals surface area contributed by atoms with Gasteiger partial charge in [-0.05, 0) is 44.3 Å². The number of rotatable bonds is 5. The van der Waals surface area contributed by atoms with Gasteiger partial charge >= 0.3 is 0 Å². The highest BCUT2D eigenvalue weighted by Gasteiger charge is 2.11. The van der Waals surface area contributed by atoms with Crippen molar-refractivity contribution in [2.24, 2.45) is 0 Å². The lowest BCUT2D eigenvalue weighted by molar-refractivity contribution is 0.403. The van der Waals surface area contributed by atoms with Gasteiger partial charge in [0.25, 0.3) is 0 Å². The zero-order valence-electron chi connectivity index (χ0n) is 12.2. The number of nitrogens with one attached hydrogen (secondary N) is 1. The largest absolute Gasteiger partial charge is 0.378 e. The van der Waals surface area contributed by atoms with Crippen LogP contribution in [-0.2, 0) is 6.54 Å². The number of nitrogens with zero attached hydrogens (tertiary/aromatic N) is 1. The van der Waals surface area contributed by atoms with Gasteiger partial charge in [-0.25, -0.2) is 0 Å². The monoisotopic (exact) mass is 288 g/mol. The minimum absolute atomic E-state index is 0.173. The molecule has 0 heterocycles. The van der Waals surface area contributed by atoms with E-state index in [1.54, 1.807) is 0 Å². The molecule has 0 aliphatic heterocycles. The molecule has 1 N–H and O–H groups in total. The molecular weight excluding hydrogens is 268 g/mol. The highest BCUT2D eigenvalue weighted by molar-refractivity contribution is 6.31. The standard InChI is InChI=1S/C17H21ClN2/c1-13(15-9-5-6-10-16(15)18)19-17-11-7-4-8-14(17)12-20(2)3/h4-11,13,19H,12H2,1-3H3. The molecule has 2 rings (SSSR count). The summed E-state index contributed by atoms with van der Waals surface area (Å²) in [4.78, 5) is 2.17. The van der Waals surface area contributed by atoms with Crippen molar-refractivity contribution in [3.05, 3.63) is 64.7 Å². The van der Waals surface area contributed by atoms with Crippen LogP contribution in [0, 0.1) is 0 Å². The highest BCUT2D eigenvalue weighted by atomic mass is 35.5. The van der Waals surface area contributed by atoms with Crippen molar-refractivity contribution in [3.8, 4) is 0 Å². The Labute approximate surface area is 126 Å². The van der Waals surface area contributed by atoms with Gasteiger partial charge in [-0.1, -0.05) is 48.0 Å². The van der Waals surface area contributed by atoms with E-state index < -0.39 is 0 Å². The van der Waals surface area contributed by atoms with E-state index in [9.17, 15) is 0 Å². The number of benzene rings is 2. The minimum Gasteiger partial charge on any atom is -0.378 e. The number of hydrogen-bond donors (Lipinski definition) is 1. The van der Waals surface area contributed by atoms with Crippen LogP contribution >= 0.6 is 11.6 Å². The first kappa shape index (κ1) is 14.9. The minimum atomic E-state index is 0.173. The van der Waals surface area contributed by atoms with Gasteiger partial charge in [0.15, 0.2) is 0 Å². The Morgan fingerprint density at radius 1 is 1.05 bits per heavy atom. The van der Waals surface area contributed by atoms with Gasteiger partial charge in [0.05, 0.1) is 0 Å². The van der Waals surface area contributed by atoms with Crippen molar-refractivity contribution in [1.82, 2.24) is 4.90 Å². The Balaban J connectivity index is 2.20. The fourth-order valence-electron chi connectivity index (χ4n) is 2.28. The van der Waals surface area contributed by atoms with E-state index in [-0.39, 0.29) is 6.04 Å². The van der Waals surface area contributed by atoms with Gasteiger partial charge in [0.1, 0.15) is 0 Å². The van der Waals surface area contributed by atoms with Crippen LogP contribution in [0.15, 0.2) is 48.5 Å². The molecule has 0 radical (unpaired) electrons. The Hall–Kier alpha value is -1.51. The summed E-state index contributed by atoms with van der Waals surface area (Å²) in [5.41, 5.74) is 3.57. The zero-order valence-corrected chi connectivity index (χ0v) is 13.0. The smallest absolute Gasteiger partial charge is 0.0500 e. The van der Waals surface area contributed by atoms with E-state index in [1.165, 1.54) is 5.56 Å². The van der Waals surface area contributed by atoms with Crippen LogP contribution in [-0.4, -0.2) is 19.0 Å². The topological polar surface area (TPSA) is 15.3 Å². The maximum Gasteiger partial charge on any atom is 0.0500 e. The Morgan fingerprint density at radius 2 is 1.70 bits per heavy atom. The summed E-state index contributed by atoms with van der Waals surface area (Å²) >= 11 is 6.26. The van der Waals surface area contributed by atoms with Crippen LogP contribution in [0.3, 0.4) is 0 Å². The molecular formula is C17H21ClN2. The first-order chi connectivity index (χ1) is 9.58. The predicted molar refractivity (Wildman–Crippen MR) is 87.3 cm³/mol. The SMILES string of the molecule is CC(Nc1ccccc1CN(C)C)c1ccccc1Cl. The summed E-state index contributed by atoms with van der Waals surface area (Å²) in [7, 11) is 4.16. The van der Waals surface area contributed by atoms with E-state index in [4.69, 9.17) is 11.6 Å². The molecule has 0 fully saturated rings. The third-order valence-electron chi connectivity index (χ3n) is 3.25. The molecule has 2 aromatic rings. The van der Waals surface area contributed by atoms with Crippen LogP contribution < -0.4 is 5.32 Å². The maximum absolute atomic E-state index is 6.26. The fraction of sp³-hybridized carbons (Fsp3) is 0.294. The molecule has 3 heteroatoms. The average molecular weight is 289 g/mol. The second-order valence-electron chi connectivity index (χ2n) is 5.28. The zero-order chi connectivity index (χ0) is 14.5. The van der Waals surface area contributed by atoms with Crippen molar-refractivity contribution >= 4 is 17.3 Å². The number of anilines is 1. The van der Waals surface area contributed by atoms with Crippen molar-refractivity contribution in [2.75, 3.05) is 19.4 Å². The molecule has 0 aromatic heterocycles. The van der Waals surface area contributed by atoms with Gasteiger partial charge in [-0.3, -0.25) is 0 Å². The number of halogens is 1. The number of para-hydroxylation sites is 1. The van der Waals surface area contributed by atoms with Crippen LogP contribution in [0.25, 0.3) is 0 Å². The summed E-state index contributed by atoms with van der Waals surface area (Å²) in [5, 5.41) is 4.37. The van der Waals surface area contributed by atoms with Crippen molar-refractivity contribution in [1.29, 1.82) is 0 Å². The van der Waals surface area contributed by atoms with Gasteiger partial charge in [-0.15, -0.1) is 0 Å². The molecule has 1 atom stereocenters. The summed E-state index contributed by atoms with van der Waals surface area (Å²) in [6.45, 7) is 3.05. The van der Waals surface area contributed by atoms with Crippen LogP contribution in [0.1, 0.15) is 24.1 Å². The lowest BCUT2D eigenvalue weighted by atomic mass is 10.1. The molecule has 0 aliphatic rings. The van der Waals surface area contributed by atoms with Crippen LogP contribution in [0.5, 0.6) is 0 Å². The first-order valence-electron chi connectivity index (χ1n) is 6.81. The fourth-order valence-corrected chi connectivity index (χ4v) is 2.58. The van der Waals surface area contributed by atoms with E-state index in [1.807, 2.05) is 18.2 Å². The summed E-state index contributed by atoms with van der Waals surface area (Å²) in [6.07, 6.45) is 0. The van der Waals surface area contributed by atoms with Crippen LogP contribution in [0.2, 0.25) is 5.02 Å². The average Bonchev–Trinajstić information content (AvgIpc) is 2.41. The lowest BCUT2D eigenvalue weighted by Gasteiger charge is -2.21. The Morgan fingerprint density at radius 3 is 2.40 bits per heavy atom. The van der Waals surface area contributed by atoms with Crippen molar-refractivity contribution in [3.63, 3.8) is 0 Å². The molecule has 2 aromatic carbocycles. The Kier molecular flexibility index (Phi) is 5.05. The summed E-state index contributed by atoms with van der Waals surface area (Å²) < 4.78 is 0. The summed E-state index contributed by atoms with van der Waals surface area (Å²) in [6, 6.07) is 16.5. The predicted octanol–water partition coefficient (Wildman–Crippen LogP) is 4.57. The van der Waals surface area contributed by atoms with Gasteiger partial charge in [0, 0.05) is 23.3 Å². The van der Waals surface area contributed by atoms with E-state index >= 15 is 0 Å². The summed E-state index contributed by atoms with van der Waals surface area (Å²) in [5.74, 6) is 0. The second kappa shape index (κ2) is 6.78. The molecule has 0 amide bonds. The second-order valence-corrected chi connectivity index (χ2v) is 5.69. The molecule has 2 nitrogen and oxygen atoms in total. The normalized spacial score (nSPS) is 12.4. The highest BCUT2D eigenvalue weighted by Crippen LogP contribution is 2.27. The molecule has 20 heavy (non-hydrogen) atoms. The van der Waals surface area contributed by atoms with Gasteiger partial charge in [0.2, 0.25) is 0 Å². The molecule has 0 spiro atoms. The van der Waals surface area contributed by atoms with Crippen LogP contribution in [0.4, 0.5) is 5.69 Å². The van der Waals surface area contributed by atoms with Gasteiger partial charge < -0.3 is 10.2 Å². The van der Waals surface area contributed by atoms with Gasteiger partial charge in [-0.2, -0.15) is 0 Å². The molecule has 0 saturated heterocycles. The third kappa shape index (κ3) is 3.75. The molecule has 1 unspecified atom stereocenters. The number of hydrogen-bond acceptors (Lipinski definition) is 2. The van der Waals surface area contributed by atoms with E-state index in [0.717, 1.165) is 22.8 Å². The maximum atomic E-state index is 6.26. The van der Waals surface area contributed by atoms with Crippen molar-refractivity contribution in [2.45, 2.75) is 19.5 Å². The molecule has 0 aliphatic carbocycles. The molecule has 106 valence electrons. The Bertz CT molecular complexity index is 566. The molecule has 0 saturated carbocycles. The lowest BCUT2D eigenvalue weighted by Crippen LogP contribution is -2.14. The van der Waals surface area contributed by atoms with E-state index in [2.05, 4.69) is 61.6 Å². The van der Waals surface area contributed by atoms with E-state index in [0.29, 0.717) is 0 Å². The molecule has 0 bridgehead atoms.